The van der Waals surface area contributed by atoms with Crippen LogP contribution in [-0.4, -0.2) is 11.7 Å². The lowest BCUT2D eigenvalue weighted by atomic mass is 9.51. The second-order valence-corrected chi connectivity index (χ2v) is 5.10. The van der Waals surface area contributed by atoms with Crippen molar-refractivity contribution >= 4 is 0 Å². The normalized spacial score (nSPS) is 38.7. The molecule has 1 N–H and O–H groups in total. The fraction of sp³-hybridized carbons (Fsp3) is 0.538. The molecule has 0 aromatic heterocycles. The Morgan fingerprint density at radius 1 is 1.29 bits per heavy atom. The number of aliphatic hydroxyl groups excluding tert-OH is 1. The first-order valence-corrected chi connectivity index (χ1v) is 5.41. The third-order valence-electron chi connectivity index (χ3n) is 4.72. The van der Waals surface area contributed by atoms with Gasteiger partial charge in [0, 0.05) is 17.4 Å². The average molecular weight is 188 g/mol. The number of rotatable bonds is 1. The highest BCUT2D eigenvalue weighted by Crippen LogP contribution is 2.64. The van der Waals surface area contributed by atoms with Gasteiger partial charge in [-0.2, -0.15) is 0 Å². The Hall–Kier alpha value is -0.820. The van der Waals surface area contributed by atoms with Gasteiger partial charge in [-0.25, -0.2) is 0 Å². The van der Waals surface area contributed by atoms with Gasteiger partial charge in [0.1, 0.15) is 0 Å². The van der Waals surface area contributed by atoms with Crippen molar-refractivity contribution in [2.24, 2.45) is 5.41 Å². The summed E-state index contributed by atoms with van der Waals surface area (Å²) >= 11 is 0. The summed E-state index contributed by atoms with van der Waals surface area (Å²) < 4.78 is 0. The molecule has 74 valence electrons. The first kappa shape index (κ1) is 8.49. The molecule has 0 radical (unpaired) electrons. The standard InChI is InChI=1S/C13H16O/c1-12-6-7-13(12,9-14)8-10-4-2-3-5-11(10)12/h2-5,14H,6-9H2,1H3/t12-,13+/m1/s1. The van der Waals surface area contributed by atoms with E-state index in [0.717, 1.165) is 6.42 Å². The minimum atomic E-state index is 0.177. The number of fused-ring (bicyclic) bond motifs is 3. The van der Waals surface area contributed by atoms with Crippen LogP contribution in [0.3, 0.4) is 0 Å². The van der Waals surface area contributed by atoms with E-state index in [2.05, 4.69) is 31.2 Å². The van der Waals surface area contributed by atoms with Crippen LogP contribution in [0.2, 0.25) is 0 Å². The van der Waals surface area contributed by atoms with Gasteiger partial charge in [0.15, 0.2) is 0 Å². The van der Waals surface area contributed by atoms with E-state index < -0.39 is 0 Å². The summed E-state index contributed by atoms with van der Waals surface area (Å²) in [6.07, 6.45) is 3.51. The van der Waals surface area contributed by atoms with E-state index in [-0.39, 0.29) is 10.8 Å². The smallest absolute Gasteiger partial charge is 0.0499 e. The van der Waals surface area contributed by atoms with Crippen molar-refractivity contribution in [1.82, 2.24) is 0 Å². The Morgan fingerprint density at radius 3 is 2.71 bits per heavy atom. The second-order valence-electron chi connectivity index (χ2n) is 5.10. The highest BCUT2D eigenvalue weighted by molar-refractivity contribution is 5.45. The van der Waals surface area contributed by atoms with Gasteiger partial charge < -0.3 is 5.11 Å². The van der Waals surface area contributed by atoms with Gasteiger partial charge in [-0.3, -0.25) is 0 Å². The van der Waals surface area contributed by atoms with Gasteiger partial charge in [-0.1, -0.05) is 31.2 Å². The molecule has 0 saturated heterocycles. The van der Waals surface area contributed by atoms with Crippen LogP contribution in [0, 0.1) is 5.41 Å². The van der Waals surface area contributed by atoms with Gasteiger partial charge in [0.05, 0.1) is 0 Å². The topological polar surface area (TPSA) is 20.2 Å². The summed E-state index contributed by atoms with van der Waals surface area (Å²) in [6, 6.07) is 8.69. The molecule has 0 heterocycles. The van der Waals surface area contributed by atoms with Crippen LogP contribution in [0.4, 0.5) is 0 Å². The zero-order valence-electron chi connectivity index (χ0n) is 8.59. The molecule has 2 aliphatic rings. The van der Waals surface area contributed by atoms with E-state index in [9.17, 15) is 5.11 Å². The van der Waals surface area contributed by atoms with E-state index in [0.29, 0.717) is 6.61 Å². The zero-order valence-corrected chi connectivity index (χ0v) is 8.59. The number of benzene rings is 1. The number of hydrogen-bond acceptors (Lipinski definition) is 1. The summed E-state index contributed by atoms with van der Waals surface area (Å²) in [6.45, 7) is 2.66. The molecule has 0 unspecified atom stereocenters. The molecule has 1 saturated carbocycles. The average Bonchev–Trinajstić information content (AvgIpc) is 2.38. The zero-order chi connectivity index (χ0) is 9.81. The van der Waals surface area contributed by atoms with Crippen molar-refractivity contribution in [2.45, 2.75) is 31.6 Å². The number of hydrogen-bond donors (Lipinski definition) is 1. The van der Waals surface area contributed by atoms with Crippen molar-refractivity contribution in [2.75, 3.05) is 6.61 Å². The molecule has 1 aromatic carbocycles. The molecule has 0 bridgehead atoms. The molecule has 2 aliphatic carbocycles. The second kappa shape index (κ2) is 2.40. The van der Waals surface area contributed by atoms with Gasteiger partial charge in [0.2, 0.25) is 0 Å². The van der Waals surface area contributed by atoms with Crippen LogP contribution < -0.4 is 0 Å². The molecular weight excluding hydrogens is 172 g/mol. The van der Waals surface area contributed by atoms with E-state index in [1.165, 1.54) is 24.0 Å². The van der Waals surface area contributed by atoms with Gasteiger partial charge >= 0.3 is 0 Å². The Kier molecular flexibility index (Phi) is 1.46. The Bertz CT molecular complexity index is 381. The lowest BCUT2D eigenvalue weighted by Gasteiger charge is -2.53. The van der Waals surface area contributed by atoms with E-state index >= 15 is 0 Å². The van der Waals surface area contributed by atoms with E-state index in [1.807, 2.05) is 0 Å². The van der Waals surface area contributed by atoms with Crippen molar-refractivity contribution in [3.63, 3.8) is 0 Å². The summed E-state index contributed by atoms with van der Waals surface area (Å²) in [5.41, 5.74) is 3.39. The van der Waals surface area contributed by atoms with Crippen LogP contribution >= 0.6 is 0 Å². The van der Waals surface area contributed by atoms with Crippen LogP contribution in [-0.2, 0) is 11.8 Å². The summed E-state index contributed by atoms with van der Waals surface area (Å²) in [4.78, 5) is 0. The minimum Gasteiger partial charge on any atom is -0.396 e. The fourth-order valence-electron chi connectivity index (χ4n) is 3.44. The van der Waals surface area contributed by atoms with Crippen LogP contribution in [0.25, 0.3) is 0 Å². The van der Waals surface area contributed by atoms with Gasteiger partial charge in [0.25, 0.3) is 0 Å². The third kappa shape index (κ3) is 0.718. The van der Waals surface area contributed by atoms with Crippen molar-refractivity contribution < 1.29 is 5.11 Å². The van der Waals surface area contributed by atoms with Crippen LogP contribution in [0.1, 0.15) is 30.9 Å². The molecule has 1 heteroatoms. The van der Waals surface area contributed by atoms with Gasteiger partial charge in [-0.05, 0) is 30.4 Å². The Labute approximate surface area is 84.8 Å². The largest absolute Gasteiger partial charge is 0.396 e. The highest BCUT2D eigenvalue weighted by Gasteiger charge is 2.60. The fourth-order valence-corrected chi connectivity index (χ4v) is 3.44. The molecule has 0 spiro atoms. The molecule has 3 rings (SSSR count). The van der Waals surface area contributed by atoms with Crippen LogP contribution in [0.5, 0.6) is 0 Å². The predicted molar refractivity (Wildman–Crippen MR) is 56.3 cm³/mol. The monoisotopic (exact) mass is 188 g/mol. The quantitative estimate of drug-likeness (QED) is 0.716. The molecule has 0 aliphatic heterocycles. The van der Waals surface area contributed by atoms with Crippen molar-refractivity contribution in [3.8, 4) is 0 Å². The molecule has 0 amide bonds. The number of aliphatic hydroxyl groups is 1. The molecular formula is C13H16O. The maximum Gasteiger partial charge on any atom is 0.0499 e. The molecule has 1 fully saturated rings. The lowest BCUT2D eigenvalue weighted by molar-refractivity contribution is -0.0311. The lowest BCUT2D eigenvalue weighted by Crippen LogP contribution is -2.52. The first-order chi connectivity index (χ1) is 6.72. The van der Waals surface area contributed by atoms with E-state index in [1.54, 1.807) is 0 Å². The maximum atomic E-state index is 9.58. The summed E-state index contributed by atoms with van der Waals surface area (Å²) in [5, 5.41) is 9.58. The first-order valence-electron chi connectivity index (χ1n) is 5.41. The van der Waals surface area contributed by atoms with Crippen molar-refractivity contribution in [3.05, 3.63) is 35.4 Å². The minimum absolute atomic E-state index is 0.177. The highest BCUT2D eigenvalue weighted by atomic mass is 16.3. The van der Waals surface area contributed by atoms with Crippen LogP contribution in [0.15, 0.2) is 24.3 Å². The van der Waals surface area contributed by atoms with Gasteiger partial charge in [-0.15, -0.1) is 0 Å². The third-order valence-corrected chi connectivity index (χ3v) is 4.72. The molecule has 1 nitrogen and oxygen atoms in total. The van der Waals surface area contributed by atoms with E-state index in [4.69, 9.17) is 0 Å². The van der Waals surface area contributed by atoms with Crippen molar-refractivity contribution in [1.29, 1.82) is 0 Å². The summed E-state index contributed by atoms with van der Waals surface area (Å²) in [5.74, 6) is 0. The SMILES string of the molecule is C[C@]12CC[C@@]1(CO)Cc1ccccc12. The summed E-state index contributed by atoms with van der Waals surface area (Å²) in [7, 11) is 0. The molecule has 14 heavy (non-hydrogen) atoms. The molecule has 2 atom stereocenters. The Balaban J connectivity index is 2.17. The molecule has 1 aromatic rings. The maximum absolute atomic E-state index is 9.58. The Morgan fingerprint density at radius 2 is 2.07 bits per heavy atom. The predicted octanol–water partition coefficient (Wildman–Crippen LogP) is 2.27.